The number of hydrogen-bond acceptors (Lipinski definition) is 4. The summed E-state index contributed by atoms with van der Waals surface area (Å²) in [4.78, 5) is 40.2. The van der Waals surface area contributed by atoms with E-state index in [1.165, 1.54) is 4.90 Å². The Morgan fingerprint density at radius 1 is 0.886 bits per heavy atom. The molecule has 2 atom stereocenters. The van der Waals surface area contributed by atoms with Crippen molar-refractivity contribution in [1.29, 1.82) is 0 Å². The van der Waals surface area contributed by atoms with Gasteiger partial charge in [-0.05, 0) is 29.5 Å². The van der Waals surface area contributed by atoms with Gasteiger partial charge in [0.15, 0.2) is 0 Å². The van der Waals surface area contributed by atoms with Crippen LogP contribution in [-0.2, 0) is 20.9 Å². The third-order valence-corrected chi connectivity index (χ3v) is 6.25. The molecule has 0 aliphatic carbocycles. The zero-order chi connectivity index (χ0) is 24.6. The number of nitrogens with zero attached hydrogens (tertiary/aromatic N) is 1. The van der Waals surface area contributed by atoms with Crippen LogP contribution in [0.5, 0.6) is 0 Å². The highest BCUT2D eigenvalue weighted by Crippen LogP contribution is 2.29. The Hall–Kier alpha value is -4.13. The van der Waals surface area contributed by atoms with Gasteiger partial charge in [-0.3, -0.25) is 14.5 Å². The maximum atomic E-state index is 13.3. The van der Waals surface area contributed by atoms with Gasteiger partial charge >= 0.3 is 6.09 Å². The second kappa shape index (κ2) is 11.3. The standard InChI is InChI=1S/C28H29N3O4/c29-26(32)25(24(21-13-6-2-7-14-21)22-15-8-3-9-16-22)30-27(33)23-17-10-18-31(23)28(34)35-19-20-11-4-1-5-12-20/h1-9,11-16,23-25H,10,17-19H2,(H2,29,32)(H,30,33)/t23-,25+/m1/s1. The van der Waals surface area contributed by atoms with E-state index >= 15 is 0 Å². The SMILES string of the molecule is NC(=O)[C@@H](NC(=O)[C@H]1CCCN1C(=O)OCc1ccccc1)C(c1ccccc1)c1ccccc1. The molecular weight excluding hydrogens is 442 g/mol. The fraction of sp³-hybridized carbons (Fsp3) is 0.250. The Balaban J connectivity index is 1.51. The molecule has 0 spiro atoms. The summed E-state index contributed by atoms with van der Waals surface area (Å²) in [6.45, 7) is 0.534. The molecule has 3 aromatic carbocycles. The number of ether oxygens (including phenoxy) is 1. The third kappa shape index (κ3) is 5.87. The zero-order valence-corrected chi connectivity index (χ0v) is 19.4. The molecule has 3 N–H and O–H groups in total. The normalized spacial score (nSPS) is 16.0. The van der Waals surface area contributed by atoms with Crippen molar-refractivity contribution >= 4 is 17.9 Å². The highest BCUT2D eigenvalue weighted by atomic mass is 16.6. The van der Waals surface area contributed by atoms with Crippen molar-refractivity contribution in [2.45, 2.75) is 37.5 Å². The molecule has 1 aliphatic rings. The van der Waals surface area contributed by atoms with Crippen LogP contribution in [0.25, 0.3) is 0 Å². The predicted molar refractivity (Wildman–Crippen MR) is 132 cm³/mol. The first kappa shape index (κ1) is 24.0. The van der Waals surface area contributed by atoms with E-state index in [2.05, 4.69) is 5.32 Å². The van der Waals surface area contributed by atoms with Gasteiger partial charge in [0.2, 0.25) is 11.8 Å². The number of carbonyl (C=O) groups excluding carboxylic acids is 3. The molecule has 35 heavy (non-hydrogen) atoms. The number of carbonyl (C=O) groups is 3. The van der Waals surface area contributed by atoms with Gasteiger partial charge in [-0.2, -0.15) is 0 Å². The minimum Gasteiger partial charge on any atom is -0.445 e. The number of amides is 3. The molecule has 1 fully saturated rings. The molecule has 0 unspecified atom stereocenters. The van der Waals surface area contributed by atoms with Gasteiger partial charge < -0.3 is 15.8 Å². The van der Waals surface area contributed by atoms with E-state index < -0.39 is 35.9 Å². The van der Waals surface area contributed by atoms with Gasteiger partial charge in [0.05, 0.1) is 0 Å². The Bertz CT molecular complexity index is 1100. The minimum absolute atomic E-state index is 0.124. The lowest BCUT2D eigenvalue weighted by Gasteiger charge is -2.29. The molecular formula is C28H29N3O4. The van der Waals surface area contributed by atoms with E-state index in [1.807, 2.05) is 91.0 Å². The molecule has 3 amide bonds. The Morgan fingerprint density at radius 2 is 1.43 bits per heavy atom. The molecule has 3 aromatic rings. The van der Waals surface area contributed by atoms with Gasteiger partial charge in [0.1, 0.15) is 18.7 Å². The number of primary amides is 1. The summed E-state index contributed by atoms with van der Waals surface area (Å²) in [6, 6.07) is 26.6. The first-order chi connectivity index (χ1) is 17.0. The number of likely N-dealkylation sites (tertiary alicyclic amines) is 1. The summed E-state index contributed by atoms with van der Waals surface area (Å²) in [5.41, 5.74) is 8.38. The Kier molecular flexibility index (Phi) is 7.77. The molecule has 7 nitrogen and oxygen atoms in total. The lowest BCUT2D eigenvalue weighted by Crippen LogP contribution is -2.54. The first-order valence-corrected chi connectivity index (χ1v) is 11.7. The summed E-state index contributed by atoms with van der Waals surface area (Å²) >= 11 is 0. The average molecular weight is 472 g/mol. The van der Waals surface area contributed by atoms with Crippen molar-refractivity contribution in [3.05, 3.63) is 108 Å². The lowest BCUT2D eigenvalue weighted by molar-refractivity contribution is -0.130. The highest BCUT2D eigenvalue weighted by molar-refractivity contribution is 5.92. The number of rotatable bonds is 8. The van der Waals surface area contributed by atoms with Crippen molar-refractivity contribution in [3.8, 4) is 0 Å². The number of nitrogens with two attached hydrogens (primary N) is 1. The smallest absolute Gasteiger partial charge is 0.410 e. The van der Waals surface area contributed by atoms with Crippen LogP contribution in [0.4, 0.5) is 4.79 Å². The Labute approximate surface area is 204 Å². The summed E-state index contributed by atoms with van der Waals surface area (Å²) in [5, 5.41) is 2.85. The van der Waals surface area contributed by atoms with Crippen molar-refractivity contribution < 1.29 is 19.1 Å². The van der Waals surface area contributed by atoms with E-state index in [4.69, 9.17) is 10.5 Å². The van der Waals surface area contributed by atoms with Crippen LogP contribution in [0.15, 0.2) is 91.0 Å². The summed E-state index contributed by atoms with van der Waals surface area (Å²) < 4.78 is 5.45. The van der Waals surface area contributed by atoms with Crippen molar-refractivity contribution in [1.82, 2.24) is 10.2 Å². The summed E-state index contributed by atoms with van der Waals surface area (Å²) in [7, 11) is 0. The fourth-order valence-electron chi connectivity index (χ4n) is 4.53. The van der Waals surface area contributed by atoms with Crippen molar-refractivity contribution in [2.75, 3.05) is 6.54 Å². The van der Waals surface area contributed by atoms with E-state index in [9.17, 15) is 14.4 Å². The van der Waals surface area contributed by atoms with E-state index in [1.54, 1.807) is 0 Å². The largest absolute Gasteiger partial charge is 0.445 e. The number of hydrogen-bond donors (Lipinski definition) is 2. The van der Waals surface area contributed by atoms with Crippen LogP contribution in [0.3, 0.4) is 0 Å². The van der Waals surface area contributed by atoms with Crippen LogP contribution < -0.4 is 11.1 Å². The van der Waals surface area contributed by atoms with Gasteiger partial charge in [0.25, 0.3) is 0 Å². The minimum atomic E-state index is -0.991. The van der Waals surface area contributed by atoms with Crippen LogP contribution in [0.2, 0.25) is 0 Å². The molecule has 180 valence electrons. The van der Waals surface area contributed by atoms with E-state index in [0.29, 0.717) is 19.4 Å². The van der Waals surface area contributed by atoms with Gasteiger partial charge in [0, 0.05) is 12.5 Å². The van der Waals surface area contributed by atoms with Crippen molar-refractivity contribution in [3.63, 3.8) is 0 Å². The average Bonchev–Trinajstić information content (AvgIpc) is 3.39. The first-order valence-electron chi connectivity index (χ1n) is 11.7. The summed E-state index contributed by atoms with van der Waals surface area (Å²) in [6.07, 6.45) is 0.601. The van der Waals surface area contributed by atoms with Crippen LogP contribution >= 0.6 is 0 Å². The molecule has 0 bridgehead atoms. The lowest BCUT2D eigenvalue weighted by atomic mass is 9.84. The van der Waals surface area contributed by atoms with E-state index in [0.717, 1.165) is 16.7 Å². The maximum Gasteiger partial charge on any atom is 0.410 e. The zero-order valence-electron chi connectivity index (χ0n) is 19.4. The summed E-state index contributed by atoms with van der Waals surface area (Å²) in [5.74, 6) is -1.54. The maximum absolute atomic E-state index is 13.3. The van der Waals surface area contributed by atoms with Crippen LogP contribution in [0.1, 0.15) is 35.4 Å². The van der Waals surface area contributed by atoms with E-state index in [-0.39, 0.29) is 6.61 Å². The molecule has 1 heterocycles. The number of benzene rings is 3. The molecule has 1 saturated heterocycles. The molecule has 0 radical (unpaired) electrons. The highest BCUT2D eigenvalue weighted by Gasteiger charge is 2.38. The van der Waals surface area contributed by atoms with Crippen LogP contribution in [-0.4, -0.2) is 41.4 Å². The van der Waals surface area contributed by atoms with Crippen molar-refractivity contribution in [2.24, 2.45) is 5.73 Å². The molecule has 0 aromatic heterocycles. The predicted octanol–water partition coefficient (Wildman–Crippen LogP) is 3.59. The second-order valence-corrected chi connectivity index (χ2v) is 8.58. The second-order valence-electron chi connectivity index (χ2n) is 8.58. The topological polar surface area (TPSA) is 102 Å². The van der Waals surface area contributed by atoms with Gasteiger partial charge in [-0.1, -0.05) is 91.0 Å². The van der Waals surface area contributed by atoms with Crippen LogP contribution in [0, 0.1) is 0 Å². The van der Waals surface area contributed by atoms with Gasteiger partial charge in [-0.15, -0.1) is 0 Å². The monoisotopic (exact) mass is 471 g/mol. The number of nitrogens with one attached hydrogen (secondary N) is 1. The Morgan fingerprint density at radius 3 is 1.97 bits per heavy atom. The molecule has 0 saturated carbocycles. The molecule has 1 aliphatic heterocycles. The fourth-order valence-corrected chi connectivity index (χ4v) is 4.53. The van der Waals surface area contributed by atoms with Gasteiger partial charge in [-0.25, -0.2) is 4.79 Å². The molecule has 4 rings (SSSR count). The third-order valence-electron chi connectivity index (χ3n) is 6.25. The quantitative estimate of drug-likeness (QED) is 0.524. The molecule has 7 heteroatoms.